The van der Waals surface area contributed by atoms with Crippen molar-refractivity contribution in [2.75, 3.05) is 5.73 Å². The van der Waals surface area contributed by atoms with Gasteiger partial charge in [0, 0.05) is 4.88 Å². The number of hydrogen-bond acceptors (Lipinski definition) is 5. The highest BCUT2D eigenvalue weighted by atomic mass is 32.1. The number of aromatic nitrogens is 2. The zero-order valence-corrected chi connectivity index (χ0v) is 16.5. The summed E-state index contributed by atoms with van der Waals surface area (Å²) in [6.07, 6.45) is 2.95. The molecule has 2 aromatic heterocycles. The van der Waals surface area contributed by atoms with Crippen LogP contribution in [0.5, 0.6) is 0 Å². The molecule has 6 nitrogen and oxygen atoms in total. The summed E-state index contributed by atoms with van der Waals surface area (Å²) >= 11 is 1.57. The van der Waals surface area contributed by atoms with Crippen LogP contribution in [0, 0.1) is 6.92 Å². The highest BCUT2D eigenvalue weighted by Gasteiger charge is 2.22. The van der Waals surface area contributed by atoms with Crippen molar-refractivity contribution in [3.8, 4) is 10.6 Å². The average Bonchev–Trinajstić information content (AvgIpc) is 3.12. The Hall–Kier alpha value is -2.93. The first-order valence-electron chi connectivity index (χ1n) is 9.33. The van der Waals surface area contributed by atoms with E-state index in [0.717, 1.165) is 39.3 Å². The molecule has 28 heavy (non-hydrogen) atoms. The Balaban J connectivity index is 1.55. The van der Waals surface area contributed by atoms with Gasteiger partial charge in [-0.15, -0.1) is 11.3 Å². The molecule has 0 unspecified atom stereocenters. The maximum Gasteiger partial charge on any atom is 0.290 e. The molecule has 3 N–H and O–H groups in total. The number of nitrogens with two attached hydrogens (primary N) is 1. The van der Waals surface area contributed by atoms with Gasteiger partial charge >= 0.3 is 0 Å². The Labute approximate surface area is 167 Å². The molecule has 3 aromatic rings. The molecule has 4 rings (SSSR count). The lowest BCUT2D eigenvalue weighted by atomic mass is 9.88. The molecule has 2 heterocycles. The third-order valence-electron chi connectivity index (χ3n) is 4.99. The number of benzene rings is 1. The number of nitrogens with one attached hydrogen (secondary N) is 1. The number of nitrogen functional groups attached to an aromatic ring is 1. The number of carbonyl (C=O) groups is 1. The highest BCUT2D eigenvalue weighted by molar-refractivity contribution is 7.15. The fourth-order valence-electron chi connectivity index (χ4n) is 3.64. The Morgan fingerprint density at radius 2 is 2.14 bits per heavy atom. The minimum Gasteiger partial charge on any atom is -0.394 e. The minimum atomic E-state index is -0.448. The number of aryl methyl sites for hydroxylation is 2. The highest BCUT2D eigenvalue weighted by Crippen LogP contribution is 2.29. The maximum atomic E-state index is 12.7. The van der Waals surface area contributed by atoms with E-state index >= 15 is 0 Å². The van der Waals surface area contributed by atoms with E-state index < -0.39 is 5.56 Å². The minimum absolute atomic E-state index is 0.0337. The lowest BCUT2D eigenvalue weighted by Crippen LogP contribution is -2.37. The van der Waals surface area contributed by atoms with Gasteiger partial charge in [-0.1, -0.05) is 24.3 Å². The lowest BCUT2D eigenvalue weighted by molar-refractivity contribution is -0.122. The van der Waals surface area contributed by atoms with Crippen LogP contribution in [0.4, 0.5) is 5.69 Å². The van der Waals surface area contributed by atoms with Crippen molar-refractivity contribution in [1.29, 1.82) is 0 Å². The standard InChI is InChI=1S/C21H22N4O2S/c1-13-9-10-19(28-13)18-11-16(22)21(27)25(24-18)12-20(26)23-17-8-4-6-14-5-2-3-7-15(14)17/h2-3,5,7,9-11,17H,4,6,8,12,22H2,1H3,(H,23,26)/t17-/m0/s1. The molecule has 7 heteroatoms. The summed E-state index contributed by atoms with van der Waals surface area (Å²) in [7, 11) is 0. The molecule has 1 aromatic carbocycles. The van der Waals surface area contributed by atoms with Crippen LogP contribution < -0.4 is 16.6 Å². The largest absolute Gasteiger partial charge is 0.394 e. The van der Waals surface area contributed by atoms with Gasteiger partial charge in [0.2, 0.25) is 5.91 Å². The van der Waals surface area contributed by atoms with Crippen molar-refractivity contribution in [3.05, 3.63) is 68.8 Å². The van der Waals surface area contributed by atoms with Crippen molar-refractivity contribution in [2.24, 2.45) is 0 Å². The van der Waals surface area contributed by atoms with Gasteiger partial charge in [-0.25, -0.2) is 4.68 Å². The molecular weight excluding hydrogens is 372 g/mol. The molecule has 0 saturated heterocycles. The van der Waals surface area contributed by atoms with Gasteiger partial charge in [0.05, 0.1) is 10.9 Å². The second-order valence-electron chi connectivity index (χ2n) is 7.07. The molecule has 1 amide bonds. The number of fused-ring (bicyclic) bond motifs is 1. The molecule has 0 radical (unpaired) electrons. The average molecular weight is 395 g/mol. The van der Waals surface area contributed by atoms with Gasteiger partial charge in [0.15, 0.2) is 0 Å². The molecule has 0 spiro atoms. The number of rotatable bonds is 4. The first kappa shape index (κ1) is 18.4. The molecule has 1 aliphatic rings. The number of anilines is 1. The van der Waals surface area contributed by atoms with Gasteiger partial charge in [-0.2, -0.15) is 5.10 Å². The van der Waals surface area contributed by atoms with Crippen molar-refractivity contribution >= 4 is 22.9 Å². The molecule has 0 saturated carbocycles. The van der Waals surface area contributed by atoms with Gasteiger partial charge in [0.1, 0.15) is 17.9 Å². The van der Waals surface area contributed by atoms with E-state index in [1.807, 2.05) is 31.2 Å². The second-order valence-corrected chi connectivity index (χ2v) is 8.36. The zero-order chi connectivity index (χ0) is 19.7. The lowest BCUT2D eigenvalue weighted by Gasteiger charge is -2.26. The van der Waals surface area contributed by atoms with Gasteiger partial charge in [-0.05, 0) is 55.5 Å². The van der Waals surface area contributed by atoms with Crippen molar-refractivity contribution in [3.63, 3.8) is 0 Å². The van der Waals surface area contributed by atoms with E-state index in [-0.39, 0.29) is 24.2 Å². The van der Waals surface area contributed by atoms with E-state index in [0.29, 0.717) is 5.69 Å². The van der Waals surface area contributed by atoms with Gasteiger partial charge in [0.25, 0.3) is 5.56 Å². The van der Waals surface area contributed by atoms with Crippen LogP contribution in [0.1, 0.15) is 34.9 Å². The summed E-state index contributed by atoms with van der Waals surface area (Å²) in [6, 6.07) is 13.6. The predicted molar refractivity (Wildman–Crippen MR) is 111 cm³/mol. The van der Waals surface area contributed by atoms with E-state index in [9.17, 15) is 9.59 Å². The van der Waals surface area contributed by atoms with Crippen LogP contribution in [-0.2, 0) is 17.8 Å². The SMILES string of the molecule is Cc1ccc(-c2cc(N)c(=O)n(CC(=O)N[C@H]3CCCc4ccccc43)n2)s1. The van der Waals surface area contributed by atoms with Crippen LogP contribution in [0.15, 0.2) is 47.3 Å². The number of carbonyl (C=O) groups excluding carboxylic acids is 1. The molecule has 0 fully saturated rings. The maximum absolute atomic E-state index is 12.7. The van der Waals surface area contributed by atoms with E-state index in [4.69, 9.17) is 5.73 Å². The smallest absolute Gasteiger partial charge is 0.290 e. The summed E-state index contributed by atoms with van der Waals surface area (Å²) in [6.45, 7) is 1.85. The van der Waals surface area contributed by atoms with Crippen molar-refractivity contribution in [2.45, 2.75) is 38.8 Å². The Bertz CT molecular complexity index is 1090. The van der Waals surface area contributed by atoms with E-state index in [1.54, 1.807) is 17.4 Å². The normalized spacial score (nSPS) is 15.8. The fourth-order valence-corrected chi connectivity index (χ4v) is 4.47. The third kappa shape index (κ3) is 3.71. The van der Waals surface area contributed by atoms with Crippen LogP contribution in [0.2, 0.25) is 0 Å². The van der Waals surface area contributed by atoms with Crippen LogP contribution in [-0.4, -0.2) is 15.7 Å². The third-order valence-corrected chi connectivity index (χ3v) is 6.02. The Morgan fingerprint density at radius 3 is 2.93 bits per heavy atom. The summed E-state index contributed by atoms with van der Waals surface area (Å²) in [5, 5.41) is 7.42. The second kappa shape index (κ2) is 7.59. The quantitative estimate of drug-likeness (QED) is 0.712. The summed E-state index contributed by atoms with van der Waals surface area (Å²) in [5.74, 6) is -0.241. The molecule has 0 bridgehead atoms. The van der Waals surface area contributed by atoms with Crippen molar-refractivity contribution in [1.82, 2.24) is 15.1 Å². The molecule has 1 aliphatic carbocycles. The van der Waals surface area contributed by atoms with Gasteiger partial charge < -0.3 is 11.1 Å². The predicted octanol–water partition coefficient (Wildman–Crippen LogP) is 3.06. The fraction of sp³-hybridized carbons (Fsp3) is 0.286. The number of hydrogen-bond donors (Lipinski definition) is 2. The summed E-state index contributed by atoms with van der Waals surface area (Å²) in [4.78, 5) is 27.1. The molecule has 0 aliphatic heterocycles. The van der Waals surface area contributed by atoms with Crippen LogP contribution in [0.25, 0.3) is 10.6 Å². The summed E-state index contributed by atoms with van der Waals surface area (Å²) in [5.41, 5.74) is 8.56. The molecule has 144 valence electrons. The van der Waals surface area contributed by atoms with Crippen LogP contribution >= 0.6 is 11.3 Å². The Morgan fingerprint density at radius 1 is 1.32 bits per heavy atom. The van der Waals surface area contributed by atoms with Crippen LogP contribution in [0.3, 0.4) is 0 Å². The first-order chi connectivity index (χ1) is 13.5. The summed E-state index contributed by atoms with van der Waals surface area (Å²) < 4.78 is 1.16. The van der Waals surface area contributed by atoms with E-state index in [1.165, 1.54) is 5.56 Å². The number of amides is 1. The molecular formula is C21H22N4O2S. The first-order valence-corrected chi connectivity index (χ1v) is 10.1. The Kier molecular flexibility index (Phi) is 5.00. The van der Waals surface area contributed by atoms with Crippen molar-refractivity contribution < 1.29 is 4.79 Å². The topological polar surface area (TPSA) is 90.0 Å². The van der Waals surface area contributed by atoms with E-state index in [2.05, 4.69) is 22.5 Å². The zero-order valence-electron chi connectivity index (χ0n) is 15.6. The monoisotopic (exact) mass is 394 g/mol. The number of nitrogens with zero attached hydrogens (tertiary/aromatic N) is 2. The van der Waals surface area contributed by atoms with Gasteiger partial charge in [-0.3, -0.25) is 9.59 Å². The number of thiophene rings is 1. The molecule has 1 atom stereocenters.